The molecule has 1 saturated carbocycles. The minimum atomic E-state index is -4.71. The van der Waals surface area contributed by atoms with Crippen LogP contribution in [0.25, 0.3) is 28.3 Å². The average molecular weight is 486 g/mol. The molecule has 0 aromatic heterocycles. The summed E-state index contributed by atoms with van der Waals surface area (Å²) in [4.78, 5) is 0. The summed E-state index contributed by atoms with van der Waals surface area (Å²) in [6.07, 6.45) is 1.87. The van der Waals surface area contributed by atoms with Gasteiger partial charge in [-0.2, -0.15) is 13.2 Å². The second-order valence-electron chi connectivity index (χ2n) is 8.89. The number of benzene rings is 3. The molecule has 3 aromatic rings. The number of rotatable bonds is 5. The van der Waals surface area contributed by atoms with E-state index in [0.29, 0.717) is 23.5 Å². The molecule has 1 aliphatic carbocycles. The molecule has 35 heavy (non-hydrogen) atoms. The van der Waals surface area contributed by atoms with Crippen LogP contribution in [0.4, 0.5) is 26.3 Å². The minimum Gasteiger partial charge on any atom is -0.206 e. The zero-order valence-corrected chi connectivity index (χ0v) is 18.9. The predicted molar refractivity (Wildman–Crippen MR) is 127 cm³/mol. The van der Waals surface area contributed by atoms with Gasteiger partial charge in [-0.05, 0) is 84.0 Å². The summed E-state index contributed by atoms with van der Waals surface area (Å²) in [5, 5.41) is 0. The number of halogens is 6. The first-order valence-electron chi connectivity index (χ1n) is 11.4. The van der Waals surface area contributed by atoms with E-state index < -0.39 is 29.2 Å². The molecular formula is C29H24F6. The van der Waals surface area contributed by atoms with Crippen LogP contribution in [-0.4, -0.2) is 6.18 Å². The predicted octanol–water partition coefficient (Wildman–Crippen LogP) is 9.47. The quantitative estimate of drug-likeness (QED) is 0.249. The molecule has 0 atom stereocenters. The summed E-state index contributed by atoms with van der Waals surface area (Å²) >= 11 is 0. The van der Waals surface area contributed by atoms with Gasteiger partial charge in [0.05, 0.1) is 0 Å². The van der Waals surface area contributed by atoms with Crippen LogP contribution in [0.15, 0.2) is 73.3 Å². The highest BCUT2D eigenvalue weighted by atomic mass is 19.4. The van der Waals surface area contributed by atoms with Crippen molar-refractivity contribution in [1.82, 2.24) is 0 Å². The van der Waals surface area contributed by atoms with Crippen LogP contribution >= 0.6 is 0 Å². The molecule has 0 spiro atoms. The van der Waals surface area contributed by atoms with Crippen LogP contribution in [0.1, 0.15) is 42.7 Å². The summed E-state index contributed by atoms with van der Waals surface area (Å²) in [5.74, 6) is -2.02. The zero-order valence-electron chi connectivity index (χ0n) is 18.9. The van der Waals surface area contributed by atoms with Gasteiger partial charge < -0.3 is 0 Å². The molecule has 0 saturated heterocycles. The summed E-state index contributed by atoms with van der Waals surface area (Å²) in [6.45, 7) is 3.88. The highest BCUT2D eigenvalue weighted by molar-refractivity contribution is 5.72. The van der Waals surface area contributed by atoms with Crippen LogP contribution < -0.4 is 0 Å². The molecule has 0 nitrogen and oxygen atoms in total. The molecule has 0 unspecified atom stereocenters. The molecule has 4 rings (SSSR count). The maximum atomic E-state index is 14.9. The maximum Gasteiger partial charge on any atom is 0.409 e. The zero-order chi connectivity index (χ0) is 25.2. The summed E-state index contributed by atoms with van der Waals surface area (Å²) in [5.41, 5.74) is 1.69. The number of hydrogen-bond donors (Lipinski definition) is 0. The molecule has 1 fully saturated rings. The molecule has 0 bridgehead atoms. The van der Waals surface area contributed by atoms with E-state index in [-0.39, 0.29) is 17.2 Å². The van der Waals surface area contributed by atoms with Gasteiger partial charge >= 0.3 is 6.18 Å². The van der Waals surface area contributed by atoms with Crippen molar-refractivity contribution in [1.29, 1.82) is 0 Å². The van der Waals surface area contributed by atoms with Gasteiger partial charge in [-0.3, -0.25) is 0 Å². The molecule has 0 heterocycles. The van der Waals surface area contributed by atoms with Crippen molar-refractivity contribution < 1.29 is 26.3 Å². The van der Waals surface area contributed by atoms with Crippen LogP contribution in [0, 0.1) is 23.4 Å². The van der Waals surface area contributed by atoms with Crippen molar-refractivity contribution in [3.05, 3.63) is 102 Å². The van der Waals surface area contributed by atoms with E-state index in [1.807, 2.05) is 18.2 Å². The van der Waals surface area contributed by atoms with E-state index in [2.05, 4.69) is 18.7 Å². The maximum absolute atomic E-state index is 14.9. The Morgan fingerprint density at radius 1 is 0.714 bits per heavy atom. The van der Waals surface area contributed by atoms with Gasteiger partial charge in [0.1, 0.15) is 17.5 Å². The fourth-order valence-corrected chi connectivity index (χ4v) is 4.64. The van der Waals surface area contributed by atoms with E-state index in [4.69, 9.17) is 0 Å². The van der Waals surface area contributed by atoms with Crippen molar-refractivity contribution in [2.75, 3.05) is 0 Å². The molecule has 3 aromatic carbocycles. The fourth-order valence-electron chi connectivity index (χ4n) is 4.64. The van der Waals surface area contributed by atoms with Crippen molar-refractivity contribution >= 4 is 6.08 Å². The van der Waals surface area contributed by atoms with E-state index in [1.165, 1.54) is 17.7 Å². The lowest BCUT2D eigenvalue weighted by Crippen LogP contribution is -2.11. The lowest BCUT2D eigenvalue weighted by molar-refractivity contribution is -0.0790. The van der Waals surface area contributed by atoms with Gasteiger partial charge in [0, 0.05) is 17.2 Å². The Balaban J connectivity index is 1.54. The normalized spacial score (nSPS) is 18.7. The molecule has 0 amide bonds. The number of allylic oxidation sites excluding steroid dienone is 2. The lowest BCUT2D eigenvalue weighted by atomic mass is 9.78. The van der Waals surface area contributed by atoms with Crippen molar-refractivity contribution in [2.45, 2.75) is 37.8 Å². The minimum absolute atomic E-state index is 0.0477. The average Bonchev–Trinajstić information content (AvgIpc) is 2.83. The van der Waals surface area contributed by atoms with Gasteiger partial charge in [-0.1, -0.05) is 42.5 Å². The van der Waals surface area contributed by atoms with Crippen LogP contribution in [0.2, 0.25) is 0 Å². The van der Waals surface area contributed by atoms with Crippen molar-refractivity contribution in [2.24, 2.45) is 5.92 Å². The summed E-state index contributed by atoms with van der Waals surface area (Å²) in [6, 6.07) is 14.0. The van der Waals surface area contributed by atoms with Crippen molar-refractivity contribution in [3.8, 4) is 22.3 Å². The van der Waals surface area contributed by atoms with Gasteiger partial charge in [0.2, 0.25) is 0 Å². The SMILES string of the molecule is C=CC1CCC(c2ccc(-c3ccc(-c4cc(F)c(/C=C/C(F)(F)F)c(F)c4)c(F)c3)cc2)CC1. The molecule has 6 heteroatoms. The Bertz CT molecular complexity index is 1210. The topological polar surface area (TPSA) is 0 Å². The van der Waals surface area contributed by atoms with Crippen LogP contribution in [-0.2, 0) is 0 Å². The highest BCUT2D eigenvalue weighted by Gasteiger charge is 2.23. The van der Waals surface area contributed by atoms with Crippen molar-refractivity contribution in [3.63, 3.8) is 0 Å². The third kappa shape index (κ3) is 5.87. The smallest absolute Gasteiger partial charge is 0.206 e. The molecule has 0 radical (unpaired) electrons. The molecule has 0 N–H and O–H groups in total. The summed E-state index contributed by atoms with van der Waals surface area (Å²) < 4.78 is 80.5. The Morgan fingerprint density at radius 2 is 1.29 bits per heavy atom. The first-order valence-corrected chi connectivity index (χ1v) is 11.4. The van der Waals surface area contributed by atoms with Crippen LogP contribution in [0.5, 0.6) is 0 Å². The highest BCUT2D eigenvalue weighted by Crippen LogP contribution is 2.37. The number of hydrogen-bond acceptors (Lipinski definition) is 0. The second kappa shape index (κ2) is 10.1. The van der Waals surface area contributed by atoms with E-state index in [1.54, 1.807) is 6.07 Å². The number of alkyl halides is 3. The second-order valence-corrected chi connectivity index (χ2v) is 8.89. The van der Waals surface area contributed by atoms with Gasteiger partial charge in [-0.15, -0.1) is 6.58 Å². The third-order valence-electron chi connectivity index (χ3n) is 6.62. The van der Waals surface area contributed by atoms with Gasteiger partial charge in [0.25, 0.3) is 0 Å². The lowest BCUT2D eigenvalue weighted by Gasteiger charge is -2.27. The van der Waals surface area contributed by atoms with Gasteiger partial charge in [-0.25, -0.2) is 13.2 Å². The molecule has 0 aliphatic heterocycles. The van der Waals surface area contributed by atoms with Crippen LogP contribution in [0.3, 0.4) is 0 Å². The largest absolute Gasteiger partial charge is 0.409 e. The van der Waals surface area contributed by atoms with Gasteiger partial charge in [0.15, 0.2) is 0 Å². The van der Waals surface area contributed by atoms with E-state index >= 15 is 0 Å². The summed E-state index contributed by atoms with van der Waals surface area (Å²) in [7, 11) is 0. The standard InChI is InChI=1S/C29H24F6/c1-2-18-3-5-19(6-4-18)20-7-9-21(10-8-20)22-11-12-24(26(30)15-22)23-16-27(31)25(28(32)17-23)13-14-29(33,34)35/h2,7-19H,1,3-6H2/b14-13+. The Kier molecular flexibility index (Phi) is 7.20. The molecule has 182 valence electrons. The van der Waals surface area contributed by atoms with E-state index in [0.717, 1.165) is 43.4 Å². The molecule has 1 aliphatic rings. The fraction of sp³-hybridized carbons (Fsp3) is 0.241. The Morgan fingerprint density at radius 3 is 1.83 bits per heavy atom. The first kappa shape index (κ1) is 24.8. The Hall–Kier alpha value is -3.28. The third-order valence-corrected chi connectivity index (χ3v) is 6.62. The first-order chi connectivity index (χ1) is 16.6. The monoisotopic (exact) mass is 486 g/mol. The van der Waals surface area contributed by atoms with E-state index in [9.17, 15) is 26.3 Å². The Labute approximate surface area is 200 Å². The molecular weight excluding hydrogens is 462 g/mol.